The third-order valence-electron chi connectivity index (χ3n) is 2.37. The average Bonchev–Trinajstić information content (AvgIpc) is 2.55. The number of hydrogen-bond donors (Lipinski definition) is 2. The van der Waals surface area contributed by atoms with Gasteiger partial charge in [-0.3, -0.25) is 9.48 Å². The van der Waals surface area contributed by atoms with Crippen molar-refractivity contribution in [1.29, 1.82) is 0 Å². The molecule has 5 nitrogen and oxygen atoms in total. The molecule has 1 aromatic heterocycles. The largest absolute Gasteiger partial charge is 0.352 e. The van der Waals surface area contributed by atoms with Crippen molar-refractivity contribution in [2.45, 2.75) is 13.3 Å². The number of carbonyl (C=O) groups is 1. The molecule has 0 fully saturated rings. The normalized spacial score (nSPS) is 10.3. The fourth-order valence-electron chi connectivity index (χ4n) is 1.28. The Hall–Kier alpha value is -1.36. The van der Waals surface area contributed by atoms with E-state index in [9.17, 15) is 4.79 Å². The molecule has 0 aliphatic heterocycles. The highest BCUT2D eigenvalue weighted by Crippen LogP contribution is 2.04. The van der Waals surface area contributed by atoms with Gasteiger partial charge in [0.25, 0.3) is 5.91 Å². The average molecular weight is 210 g/mol. The minimum atomic E-state index is -0.0447. The first-order chi connectivity index (χ1) is 7.16. The summed E-state index contributed by atoms with van der Waals surface area (Å²) in [6.07, 6.45) is 2.53. The molecule has 0 atom stereocenters. The Bertz CT molecular complexity index is 332. The lowest BCUT2D eigenvalue weighted by molar-refractivity contribution is 0.0952. The van der Waals surface area contributed by atoms with Gasteiger partial charge >= 0.3 is 0 Å². The Balaban J connectivity index is 2.44. The van der Waals surface area contributed by atoms with Gasteiger partial charge in [0.1, 0.15) is 0 Å². The number of aryl methyl sites for hydroxylation is 1. The number of aromatic nitrogens is 2. The summed E-state index contributed by atoms with van der Waals surface area (Å²) in [7, 11) is 3.72. The molecule has 0 spiro atoms. The Morgan fingerprint density at radius 3 is 2.80 bits per heavy atom. The highest BCUT2D eigenvalue weighted by molar-refractivity contribution is 5.94. The van der Waals surface area contributed by atoms with Crippen molar-refractivity contribution in [3.63, 3.8) is 0 Å². The summed E-state index contributed by atoms with van der Waals surface area (Å²) in [5, 5.41) is 9.91. The molecule has 1 heterocycles. The molecular formula is C10H18N4O. The Kier molecular flexibility index (Phi) is 4.30. The van der Waals surface area contributed by atoms with E-state index in [4.69, 9.17) is 0 Å². The lowest BCUT2D eigenvalue weighted by atomic mass is 10.2. The summed E-state index contributed by atoms with van der Waals surface area (Å²) in [6, 6.07) is 0. The summed E-state index contributed by atoms with van der Waals surface area (Å²) in [5.41, 5.74) is 1.54. The molecule has 1 aromatic rings. The van der Waals surface area contributed by atoms with Gasteiger partial charge in [-0.1, -0.05) is 0 Å². The highest BCUT2D eigenvalue weighted by Gasteiger charge is 2.11. The number of amides is 1. The topological polar surface area (TPSA) is 58.9 Å². The van der Waals surface area contributed by atoms with Crippen LogP contribution in [0.25, 0.3) is 0 Å². The zero-order valence-electron chi connectivity index (χ0n) is 9.50. The third-order valence-corrected chi connectivity index (χ3v) is 2.37. The van der Waals surface area contributed by atoms with Gasteiger partial charge in [0.05, 0.1) is 11.8 Å². The predicted octanol–water partition coefficient (Wildman–Crippen LogP) is 0.0678. The van der Waals surface area contributed by atoms with E-state index in [-0.39, 0.29) is 5.91 Å². The number of rotatable bonds is 5. The molecule has 5 heteroatoms. The quantitative estimate of drug-likeness (QED) is 0.676. The molecule has 0 saturated heterocycles. The van der Waals surface area contributed by atoms with Crippen LogP contribution >= 0.6 is 0 Å². The molecular weight excluding hydrogens is 192 g/mol. The molecule has 0 aliphatic carbocycles. The van der Waals surface area contributed by atoms with E-state index in [0.717, 1.165) is 18.7 Å². The maximum atomic E-state index is 11.7. The van der Waals surface area contributed by atoms with Gasteiger partial charge in [0.2, 0.25) is 0 Å². The molecule has 0 unspecified atom stereocenters. The Morgan fingerprint density at radius 2 is 2.27 bits per heavy atom. The first-order valence-corrected chi connectivity index (χ1v) is 5.08. The van der Waals surface area contributed by atoms with Crippen molar-refractivity contribution in [3.8, 4) is 0 Å². The standard InChI is InChI=1S/C10H18N4O/c1-8-9(7-13-14(8)3)10(15)12-6-4-5-11-2/h7,11H,4-6H2,1-3H3,(H,12,15). The van der Waals surface area contributed by atoms with E-state index >= 15 is 0 Å². The first kappa shape index (κ1) is 11.7. The molecule has 0 radical (unpaired) electrons. The summed E-state index contributed by atoms with van der Waals surface area (Å²) in [5.74, 6) is -0.0447. The van der Waals surface area contributed by atoms with Gasteiger partial charge in [-0.15, -0.1) is 0 Å². The molecule has 0 aromatic carbocycles. The van der Waals surface area contributed by atoms with Crippen LogP contribution in [0.5, 0.6) is 0 Å². The third kappa shape index (κ3) is 3.06. The van der Waals surface area contributed by atoms with E-state index in [1.54, 1.807) is 10.9 Å². The van der Waals surface area contributed by atoms with Crippen LogP contribution in [-0.2, 0) is 7.05 Å². The summed E-state index contributed by atoms with van der Waals surface area (Å²) in [4.78, 5) is 11.7. The smallest absolute Gasteiger partial charge is 0.254 e. The van der Waals surface area contributed by atoms with Crippen LogP contribution in [0.3, 0.4) is 0 Å². The van der Waals surface area contributed by atoms with Gasteiger partial charge in [0, 0.05) is 19.3 Å². The zero-order chi connectivity index (χ0) is 11.3. The fourth-order valence-corrected chi connectivity index (χ4v) is 1.28. The van der Waals surface area contributed by atoms with E-state index in [1.165, 1.54) is 0 Å². The summed E-state index contributed by atoms with van der Waals surface area (Å²) in [6.45, 7) is 3.48. The second-order valence-electron chi connectivity index (χ2n) is 3.48. The molecule has 0 aliphatic rings. The van der Waals surface area contributed by atoms with Crippen LogP contribution in [0.2, 0.25) is 0 Å². The highest BCUT2D eigenvalue weighted by atomic mass is 16.1. The van der Waals surface area contributed by atoms with Crippen molar-refractivity contribution in [2.75, 3.05) is 20.1 Å². The molecule has 2 N–H and O–H groups in total. The van der Waals surface area contributed by atoms with Crippen molar-refractivity contribution in [2.24, 2.45) is 7.05 Å². The maximum absolute atomic E-state index is 11.7. The molecule has 1 rings (SSSR count). The van der Waals surface area contributed by atoms with Crippen molar-refractivity contribution in [3.05, 3.63) is 17.5 Å². The number of hydrogen-bond acceptors (Lipinski definition) is 3. The summed E-state index contributed by atoms with van der Waals surface area (Å²) < 4.78 is 1.70. The van der Waals surface area contributed by atoms with Crippen molar-refractivity contribution >= 4 is 5.91 Å². The minimum absolute atomic E-state index is 0.0447. The van der Waals surface area contributed by atoms with Crippen LogP contribution in [0.4, 0.5) is 0 Å². The molecule has 1 amide bonds. The summed E-state index contributed by atoms with van der Waals surface area (Å²) >= 11 is 0. The fraction of sp³-hybridized carbons (Fsp3) is 0.600. The van der Waals surface area contributed by atoms with E-state index in [2.05, 4.69) is 15.7 Å². The Morgan fingerprint density at radius 1 is 1.53 bits per heavy atom. The van der Waals surface area contributed by atoms with Gasteiger partial charge < -0.3 is 10.6 Å². The number of nitrogens with zero attached hydrogens (tertiary/aromatic N) is 2. The maximum Gasteiger partial charge on any atom is 0.254 e. The molecule has 0 saturated carbocycles. The number of carbonyl (C=O) groups excluding carboxylic acids is 1. The zero-order valence-corrected chi connectivity index (χ0v) is 9.50. The van der Waals surface area contributed by atoms with Crippen LogP contribution in [0, 0.1) is 6.92 Å². The molecule has 84 valence electrons. The second-order valence-corrected chi connectivity index (χ2v) is 3.48. The van der Waals surface area contributed by atoms with Crippen molar-refractivity contribution in [1.82, 2.24) is 20.4 Å². The molecule has 0 bridgehead atoms. The van der Waals surface area contributed by atoms with Gasteiger partial charge in [0.15, 0.2) is 0 Å². The Labute approximate surface area is 89.9 Å². The SMILES string of the molecule is CNCCCNC(=O)c1cnn(C)c1C. The predicted molar refractivity (Wildman–Crippen MR) is 58.8 cm³/mol. The monoisotopic (exact) mass is 210 g/mol. The van der Waals surface area contributed by atoms with Crippen LogP contribution in [0.1, 0.15) is 22.5 Å². The van der Waals surface area contributed by atoms with Crippen LogP contribution in [0.15, 0.2) is 6.20 Å². The number of nitrogens with one attached hydrogen (secondary N) is 2. The lowest BCUT2D eigenvalue weighted by Gasteiger charge is -2.04. The van der Waals surface area contributed by atoms with Crippen LogP contribution < -0.4 is 10.6 Å². The van der Waals surface area contributed by atoms with Crippen LogP contribution in [-0.4, -0.2) is 35.8 Å². The second kappa shape index (κ2) is 5.50. The molecule has 15 heavy (non-hydrogen) atoms. The van der Waals surface area contributed by atoms with Gasteiger partial charge in [-0.2, -0.15) is 5.10 Å². The minimum Gasteiger partial charge on any atom is -0.352 e. The van der Waals surface area contributed by atoms with Gasteiger partial charge in [-0.25, -0.2) is 0 Å². The van der Waals surface area contributed by atoms with E-state index in [1.807, 2.05) is 21.0 Å². The van der Waals surface area contributed by atoms with Gasteiger partial charge in [-0.05, 0) is 26.9 Å². The van der Waals surface area contributed by atoms with E-state index < -0.39 is 0 Å². The first-order valence-electron chi connectivity index (χ1n) is 5.08. The lowest BCUT2D eigenvalue weighted by Crippen LogP contribution is -2.26. The van der Waals surface area contributed by atoms with E-state index in [0.29, 0.717) is 12.1 Å². The van der Waals surface area contributed by atoms with Crippen molar-refractivity contribution < 1.29 is 4.79 Å².